The molecule has 10 nitrogen and oxygen atoms in total. The van der Waals surface area contributed by atoms with E-state index in [1.165, 1.54) is 54.9 Å². The second-order valence-corrected chi connectivity index (χ2v) is 9.34. The van der Waals surface area contributed by atoms with Crippen molar-refractivity contribution in [1.82, 2.24) is 14.4 Å². The molecule has 2 amide bonds. The summed E-state index contributed by atoms with van der Waals surface area (Å²) < 4.78 is 6.52. The van der Waals surface area contributed by atoms with Crippen LogP contribution in [-0.2, 0) is 16.1 Å². The largest absolute Gasteiger partial charge is 0.419 e. The first-order valence-corrected chi connectivity index (χ1v) is 12.3. The molecule has 10 heteroatoms. The highest BCUT2D eigenvalue weighted by molar-refractivity contribution is 5.78. The summed E-state index contributed by atoms with van der Waals surface area (Å²) in [5.41, 5.74) is 0.494. The highest BCUT2D eigenvalue weighted by Gasteiger charge is 2.25. The Morgan fingerprint density at radius 3 is 2.29 bits per heavy atom. The number of nitro groups is 1. The number of nitrogens with zero attached hydrogens (tertiary/aromatic N) is 4. The van der Waals surface area contributed by atoms with Crippen molar-refractivity contribution < 1.29 is 18.9 Å². The van der Waals surface area contributed by atoms with Crippen LogP contribution < -0.4 is 5.76 Å². The Morgan fingerprint density at radius 1 is 1.00 bits per heavy atom. The normalized spacial score (nSPS) is 17.3. The summed E-state index contributed by atoms with van der Waals surface area (Å²) in [6, 6.07) is 4.05. The number of carbonyl (C=O) groups excluding carboxylic acids is 2. The van der Waals surface area contributed by atoms with Crippen LogP contribution in [0.5, 0.6) is 0 Å². The number of amides is 2. The molecule has 0 spiro atoms. The number of hydrogen-bond acceptors (Lipinski definition) is 6. The quantitative estimate of drug-likeness (QED) is 0.429. The summed E-state index contributed by atoms with van der Waals surface area (Å²) in [5, 5.41) is 10.9. The number of benzene rings is 1. The molecule has 1 saturated heterocycles. The van der Waals surface area contributed by atoms with Crippen LogP contribution in [0.1, 0.15) is 57.8 Å². The van der Waals surface area contributed by atoms with Crippen LogP contribution in [-0.4, -0.2) is 57.3 Å². The molecule has 0 atom stereocenters. The van der Waals surface area contributed by atoms with Crippen LogP contribution in [0.15, 0.2) is 27.4 Å². The molecule has 1 saturated carbocycles. The number of oxazole rings is 1. The average Bonchev–Trinajstić information content (AvgIpc) is 3.17. The summed E-state index contributed by atoms with van der Waals surface area (Å²) in [6.07, 6.45) is 8.70. The number of hydrogen-bond donors (Lipinski definition) is 0. The Morgan fingerprint density at radius 2 is 1.65 bits per heavy atom. The van der Waals surface area contributed by atoms with Crippen molar-refractivity contribution >= 4 is 28.6 Å². The molecule has 0 bridgehead atoms. The number of fused-ring (bicyclic) bond motifs is 1. The van der Waals surface area contributed by atoms with Crippen LogP contribution in [0.2, 0.25) is 0 Å². The zero-order valence-electron chi connectivity index (χ0n) is 19.4. The molecular weight excluding hydrogens is 440 g/mol. The SMILES string of the molecule is O=C(CCCn1c(=O)oc2cc([N+](=O)[O-])ccc21)N1CCN(C(=O)CCC2CCCCC2)CC1. The highest BCUT2D eigenvalue weighted by Crippen LogP contribution is 2.27. The molecule has 2 aliphatic rings. The molecule has 1 aromatic heterocycles. The summed E-state index contributed by atoms with van der Waals surface area (Å²) in [6.45, 7) is 2.49. The second kappa shape index (κ2) is 10.8. The van der Waals surface area contributed by atoms with E-state index in [9.17, 15) is 24.5 Å². The van der Waals surface area contributed by atoms with E-state index < -0.39 is 10.7 Å². The number of carbonyl (C=O) groups is 2. The predicted molar refractivity (Wildman–Crippen MR) is 125 cm³/mol. The smallest absolute Gasteiger partial charge is 0.407 e. The Kier molecular flexibility index (Phi) is 7.64. The first-order chi connectivity index (χ1) is 16.4. The van der Waals surface area contributed by atoms with Gasteiger partial charge in [0.1, 0.15) is 0 Å². The Labute approximate surface area is 197 Å². The Balaban J connectivity index is 1.21. The van der Waals surface area contributed by atoms with Crippen molar-refractivity contribution in [3.63, 3.8) is 0 Å². The zero-order chi connectivity index (χ0) is 24.1. The molecular formula is C24H32N4O6. The fraction of sp³-hybridized carbons (Fsp3) is 0.625. The number of non-ortho nitro benzene ring substituents is 1. The summed E-state index contributed by atoms with van der Waals surface area (Å²) in [4.78, 5) is 51.4. The summed E-state index contributed by atoms with van der Waals surface area (Å²) in [5.74, 6) is 0.300. The van der Waals surface area contributed by atoms with Gasteiger partial charge in [-0.3, -0.25) is 24.3 Å². The van der Waals surface area contributed by atoms with Gasteiger partial charge in [0, 0.05) is 51.6 Å². The third-order valence-corrected chi connectivity index (χ3v) is 7.11. The van der Waals surface area contributed by atoms with Gasteiger partial charge in [-0.25, -0.2) is 4.79 Å². The number of aryl methyl sites for hydroxylation is 1. The lowest BCUT2D eigenvalue weighted by Gasteiger charge is -2.35. The third-order valence-electron chi connectivity index (χ3n) is 7.11. The van der Waals surface area contributed by atoms with Crippen LogP contribution in [0, 0.1) is 16.0 Å². The minimum Gasteiger partial charge on any atom is -0.407 e. The standard InChI is InChI=1S/C24H32N4O6/c29-22(7-4-12-27-20-10-9-19(28(32)33)17-21(20)34-24(27)31)25-13-15-26(16-14-25)23(30)11-8-18-5-2-1-3-6-18/h9-10,17-18H,1-8,11-16H2. The molecule has 0 unspecified atom stereocenters. The van der Waals surface area contributed by atoms with Crippen molar-refractivity contribution in [2.24, 2.45) is 5.92 Å². The van der Waals surface area contributed by atoms with Crippen molar-refractivity contribution in [2.75, 3.05) is 26.2 Å². The van der Waals surface area contributed by atoms with Crippen LogP contribution >= 0.6 is 0 Å². The molecule has 1 aliphatic carbocycles. The maximum Gasteiger partial charge on any atom is 0.419 e. The minimum atomic E-state index is -0.594. The number of nitro benzene ring substituents is 1. The van der Waals surface area contributed by atoms with Gasteiger partial charge in [0.05, 0.1) is 16.5 Å². The van der Waals surface area contributed by atoms with Gasteiger partial charge in [-0.2, -0.15) is 0 Å². The lowest BCUT2D eigenvalue weighted by Crippen LogP contribution is -2.50. The fourth-order valence-corrected chi connectivity index (χ4v) is 5.09. The molecule has 0 radical (unpaired) electrons. The van der Waals surface area contributed by atoms with Crippen LogP contribution in [0.25, 0.3) is 11.1 Å². The topological polar surface area (TPSA) is 119 Å². The highest BCUT2D eigenvalue weighted by atomic mass is 16.6. The number of aromatic nitrogens is 1. The van der Waals surface area contributed by atoms with Crippen molar-refractivity contribution in [3.05, 3.63) is 38.9 Å². The van der Waals surface area contributed by atoms with E-state index in [0.717, 1.165) is 6.42 Å². The third kappa shape index (κ3) is 5.66. The van der Waals surface area contributed by atoms with Gasteiger partial charge in [-0.1, -0.05) is 32.1 Å². The van der Waals surface area contributed by atoms with Crippen molar-refractivity contribution in [1.29, 1.82) is 0 Å². The lowest BCUT2D eigenvalue weighted by atomic mass is 9.86. The van der Waals surface area contributed by atoms with E-state index in [-0.39, 0.29) is 36.1 Å². The summed E-state index contributed by atoms with van der Waals surface area (Å²) >= 11 is 0. The molecule has 1 aliphatic heterocycles. The van der Waals surface area contributed by atoms with Gasteiger partial charge in [0.25, 0.3) is 5.69 Å². The van der Waals surface area contributed by atoms with Crippen LogP contribution in [0.4, 0.5) is 5.69 Å². The minimum absolute atomic E-state index is 0.00536. The molecule has 1 aromatic carbocycles. The fourth-order valence-electron chi connectivity index (χ4n) is 5.09. The monoisotopic (exact) mass is 472 g/mol. The van der Waals surface area contributed by atoms with E-state index >= 15 is 0 Å². The predicted octanol–water partition coefficient (Wildman–Crippen LogP) is 3.31. The molecule has 0 N–H and O–H groups in total. The molecule has 4 rings (SSSR count). The van der Waals surface area contributed by atoms with E-state index in [2.05, 4.69) is 0 Å². The maximum atomic E-state index is 12.6. The van der Waals surface area contributed by atoms with E-state index in [1.54, 1.807) is 4.90 Å². The van der Waals surface area contributed by atoms with Gasteiger partial charge < -0.3 is 14.2 Å². The lowest BCUT2D eigenvalue weighted by molar-refractivity contribution is -0.384. The second-order valence-electron chi connectivity index (χ2n) is 9.34. The first-order valence-electron chi connectivity index (χ1n) is 12.3. The van der Waals surface area contributed by atoms with Gasteiger partial charge in [0.2, 0.25) is 11.8 Å². The molecule has 34 heavy (non-hydrogen) atoms. The van der Waals surface area contributed by atoms with Gasteiger partial charge in [-0.05, 0) is 24.8 Å². The number of piperazine rings is 1. The molecule has 2 heterocycles. The summed E-state index contributed by atoms with van der Waals surface area (Å²) in [7, 11) is 0. The molecule has 2 fully saturated rings. The van der Waals surface area contributed by atoms with Crippen molar-refractivity contribution in [3.8, 4) is 0 Å². The van der Waals surface area contributed by atoms with E-state index in [1.807, 2.05) is 4.90 Å². The van der Waals surface area contributed by atoms with Gasteiger partial charge in [0.15, 0.2) is 5.58 Å². The van der Waals surface area contributed by atoms with Gasteiger partial charge in [-0.15, -0.1) is 0 Å². The van der Waals surface area contributed by atoms with E-state index in [4.69, 9.17) is 4.42 Å². The maximum absolute atomic E-state index is 12.6. The molecule has 184 valence electrons. The molecule has 2 aromatic rings. The first kappa shape index (κ1) is 24.0. The van der Waals surface area contributed by atoms with Crippen molar-refractivity contribution in [2.45, 2.75) is 64.3 Å². The Bertz CT molecular complexity index is 1090. The Hall–Kier alpha value is -3.17. The van der Waals surface area contributed by atoms with Crippen LogP contribution in [0.3, 0.4) is 0 Å². The van der Waals surface area contributed by atoms with Gasteiger partial charge >= 0.3 is 5.76 Å². The van der Waals surface area contributed by atoms with E-state index in [0.29, 0.717) is 50.5 Å². The number of rotatable bonds is 8. The average molecular weight is 473 g/mol. The zero-order valence-corrected chi connectivity index (χ0v) is 19.4.